The van der Waals surface area contributed by atoms with E-state index in [-0.39, 0.29) is 0 Å². The lowest BCUT2D eigenvalue weighted by Crippen LogP contribution is -2.00. The van der Waals surface area contributed by atoms with Crippen LogP contribution in [0, 0.1) is 0 Å². The molecule has 0 spiro atoms. The first-order valence-electron chi connectivity index (χ1n) is 11.0. The van der Waals surface area contributed by atoms with E-state index in [2.05, 4.69) is 57.8 Å². The Balaban J connectivity index is 1.13. The molecule has 0 unspecified atom stereocenters. The van der Waals surface area contributed by atoms with Gasteiger partial charge < -0.3 is 4.74 Å². The molecule has 0 atom stereocenters. The van der Waals surface area contributed by atoms with E-state index in [1.807, 2.05) is 41.3 Å². The molecule has 2 heterocycles. The maximum Gasteiger partial charge on any atom is 0.127 e. The molecule has 0 aliphatic rings. The van der Waals surface area contributed by atoms with Gasteiger partial charge >= 0.3 is 0 Å². The number of hydrogen-bond acceptors (Lipinski definition) is 4. The summed E-state index contributed by atoms with van der Waals surface area (Å²) in [6.45, 7) is 1.65. The Morgan fingerprint density at radius 3 is 2.39 bits per heavy atom. The highest BCUT2D eigenvalue weighted by molar-refractivity contribution is 5.70. The molecule has 0 saturated heterocycles. The molecule has 0 aliphatic carbocycles. The van der Waals surface area contributed by atoms with Gasteiger partial charge in [0.15, 0.2) is 0 Å². The van der Waals surface area contributed by atoms with E-state index in [0.717, 1.165) is 48.6 Å². The normalized spacial score (nSPS) is 10.8. The van der Waals surface area contributed by atoms with Gasteiger partial charge in [0, 0.05) is 30.1 Å². The van der Waals surface area contributed by atoms with Crippen LogP contribution in [0.25, 0.3) is 22.4 Å². The minimum atomic E-state index is 0.751. The number of benzene rings is 2. The topological polar surface area (TPSA) is 52.8 Å². The zero-order valence-electron chi connectivity index (χ0n) is 17.7. The van der Waals surface area contributed by atoms with Crippen molar-refractivity contribution in [1.29, 1.82) is 0 Å². The lowest BCUT2D eigenvalue weighted by Gasteiger charge is -2.11. The first kappa shape index (κ1) is 20.8. The molecular weight excluding hydrogens is 384 g/mol. The predicted octanol–water partition coefficient (Wildman–Crippen LogP) is 6.04. The Bertz CT molecular complexity index is 1050. The van der Waals surface area contributed by atoms with Crippen molar-refractivity contribution in [1.82, 2.24) is 20.0 Å². The summed E-state index contributed by atoms with van der Waals surface area (Å²) in [7, 11) is 0. The Labute approximate surface area is 183 Å². The third-order valence-corrected chi connectivity index (χ3v) is 5.26. The molecule has 2 aromatic heterocycles. The number of aromatic nitrogens is 4. The third kappa shape index (κ3) is 6.01. The quantitative estimate of drug-likeness (QED) is 0.282. The zero-order chi connectivity index (χ0) is 21.1. The Morgan fingerprint density at radius 2 is 1.52 bits per heavy atom. The number of rotatable bonds is 11. The van der Waals surface area contributed by atoms with Crippen molar-refractivity contribution in [2.45, 2.75) is 38.6 Å². The number of hydrogen-bond donors (Lipinski definition) is 0. The van der Waals surface area contributed by atoms with Gasteiger partial charge in [-0.15, -0.1) is 5.10 Å². The average Bonchev–Trinajstić information content (AvgIpc) is 3.31. The standard InChI is InChI=1S/C26H28N4O/c1(2-9-18-30-21-25(28-29-30)23-14-11-17-27-20-23)3-10-19-31-26-16-8-7-15-24(26)22-12-5-4-6-13-22/h4-8,11-17,20-21H,1-3,9-10,18-19H2. The van der Waals surface area contributed by atoms with Gasteiger partial charge in [0.05, 0.1) is 12.8 Å². The van der Waals surface area contributed by atoms with E-state index >= 15 is 0 Å². The lowest BCUT2D eigenvalue weighted by molar-refractivity contribution is 0.305. The molecule has 0 amide bonds. The monoisotopic (exact) mass is 412 g/mol. The van der Waals surface area contributed by atoms with Crippen LogP contribution in [0.3, 0.4) is 0 Å². The van der Waals surface area contributed by atoms with Crippen LogP contribution in [0.2, 0.25) is 0 Å². The molecule has 0 radical (unpaired) electrons. The highest BCUT2D eigenvalue weighted by Gasteiger charge is 2.05. The molecule has 5 nitrogen and oxygen atoms in total. The minimum absolute atomic E-state index is 0.751. The van der Waals surface area contributed by atoms with Crippen LogP contribution >= 0.6 is 0 Å². The van der Waals surface area contributed by atoms with Gasteiger partial charge in [-0.2, -0.15) is 0 Å². The van der Waals surface area contributed by atoms with Crippen molar-refractivity contribution in [2.75, 3.05) is 6.61 Å². The molecule has 158 valence electrons. The average molecular weight is 413 g/mol. The van der Waals surface area contributed by atoms with Gasteiger partial charge in [0.1, 0.15) is 11.4 Å². The number of unbranched alkanes of at least 4 members (excludes halogenated alkanes) is 4. The summed E-state index contributed by atoms with van der Waals surface area (Å²) in [6.07, 6.45) is 11.3. The summed E-state index contributed by atoms with van der Waals surface area (Å²) in [5.41, 5.74) is 4.23. The lowest BCUT2D eigenvalue weighted by atomic mass is 10.1. The van der Waals surface area contributed by atoms with Crippen LogP contribution in [-0.4, -0.2) is 26.6 Å². The fourth-order valence-electron chi connectivity index (χ4n) is 3.59. The highest BCUT2D eigenvalue weighted by Crippen LogP contribution is 2.29. The maximum atomic E-state index is 6.08. The molecular formula is C26H28N4O. The van der Waals surface area contributed by atoms with E-state index < -0.39 is 0 Å². The summed E-state index contributed by atoms with van der Waals surface area (Å²) in [6, 6.07) is 22.6. The van der Waals surface area contributed by atoms with Gasteiger partial charge in [-0.05, 0) is 36.6 Å². The van der Waals surface area contributed by atoms with Crippen molar-refractivity contribution in [3.63, 3.8) is 0 Å². The van der Waals surface area contributed by atoms with Crippen molar-refractivity contribution in [3.05, 3.63) is 85.3 Å². The Hall–Kier alpha value is -3.47. The largest absolute Gasteiger partial charge is 0.493 e. The molecule has 0 aliphatic heterocycles. The first-order chi connectivity index (χ1) is 15.4. The van der Waals surface area contributed by atoms with Crippen molar-refractivity contribution in [3.8, 4) is 28.1 Å². The van der Waals surface area contributed by atoms with Crippen LogP contribution in [0.5, 0.6) is 5.75 Å². The van der Waals surface area contributed by atoms with Gasteiger partial charge in [-0.3, -0.25) is 9.67 Å². The van der Waals surface area contributed by atoms with E-state index in [1.54, 1.807) is 6.20 Å². The second-order valence-electron chi connectivity index (χ2n) is 7.59. The van der Waals surface area contributed by atoms with Crippen molar-refractivity contribution in [2.24, 2.45) is 0 Å². The number of pyridine rings is 1. The molecule has 2 aromatic carbocycles. The van der Waals surface area contributed by atoms with Crippen molar-refractivity contribution < 1.29 is 4.74 Å². The second-order valence-corrected chi connectivity index (χ2v) is 7.59. The number of aryl methyl sites for hydroxylation is 1. The molecule has 0 fully saturated rings. The fourth-order valence-corrected chi connectivity index (χ4v) is 3.59. The molecule has 0 N–H and O–H groups in total. The highest BCUT2D eigenvalue weighted by atomic mass is 16.5. The fraction of sp³-hybridized carbons (Fsp3) is 0.269. The summed E-state index contributed by atoms with van der Waals surface area (Å²) >= 11 is 0. The van der Waals surface area contributed by atoms with Crippen LogP contribution in [0.15, 0.2) is 85.3 Å². The van der Waals surface area contributed by atoms with Crippen LogP contribution in [0.4, 0.5) is 0 Å². The van der Waals surface area contributed by atoms with E-state index in [4.69, 9.17) is 4.74 Å². The minimum Gasteiger partial charge on any atom is -0.493 e. The van der Waals surface area contributed by atoms with Gasteiger partial charge in [-0.25, -0.2) is 0 Å². The summed E-state index contributed by atoms with van der Waals surface area (Å²) in [5.74, 6) is 0.962. The molecule has 5 heteroatoms. The molecule has 4 aromatic rings. The molecule has 0 saturated carbocycles. The van der Waals surface area contributed by atoms with Gasteiger partial charge in [0.25, 0.3) is 0 Å². The zero-order valence-corrected chi connectivity index (χ0v) is 17.7. The molecule has 0 bridgehead atoms. The second kappa shape index (κ2) is 11.1. The van der Waals surface area contributed by atoms with Gasteiger partial charge in [0.2, 0.25) is 0 Å². The molecule has 31 heavy (non-hydrogen) atoms. The van der Waals surface area contributed by atoms with Crippen LogP contribution in [0.1, 0.15) is 32.1 Å². The maximum absolute atomic E-state index is 6.08. The van der Waals surface area contributed by atoms with Crippen LogP contribution in [-0.2, 0) is 6.54 Å². The van der Waals surface area contributed by atoms with E-state index in [9.17, 15) is 0 Å². The van der Waals surface area contributed by atoms with Crippen LogP contribution < -0.4 is 4.74 Å². The SMILES string of the molecule is c1ccc(-c2ccccc2OCCCCCCCn2cc(-c3cccnc3)nn2)cc1. The summed E-state index contributed by atoms with van der Waals surface area (Å²) in [4.78, 5) is 4.13. The van der Waals surface area contributed by atoms with Crippen molar-refractivity contribution >= 4 is 0 Å². The number of nitrogens with zero attached hydrogens (tertiary/aromatic N) is 4. The Kier molecular flexibility index (Phi) is 7.42. The van der Waals surface area contributed by atoms with Gasteiger partial charge in [-0.1, -0.05) is 73.0 Å². The number of para-hydroxylation sites is 1. The van der Waals surface area contributed by atoms with E-state index in [0.29, 0.717) is 0 Å². The van der Waals surface area contributed by atoms with E-state index in [1.165, 1.54) is 24.8 Å². The Morgan fingerprint density at radius 1 is 0.742 bits per heavy atom. The molecule has 4 rings (SSSR count). The predicted molar refractivity (Wildman–Crippen MR) is 124 cm³/mol. The summed E-state index contributed by atoms with van der Waals surface area (Å²) in [5, 5.41) is 8.47. The number of ether oxygens (including phenoxy) is 1. The first-order valence-corrected chi connectivity index (χ1v) is 11.0. The summed E-state index contributed by atoms with van der Waals surface area (Å²) < 4.78 is 8.01. The smallest absolute Gasteiger partial charge is 0.127 e. The third-order valence-electron chi connectivity index (χ3n) is 5.26.